The molecule has 12 heavy (non-hydrogen) atoms. The number of hydrogen-bond acceptors (Lipinski definition) is 2. The molecule has 0 spiro atoms. The van der Waals surface area contributed by atoms with Gasteiger partial charge in [0.15, 0.2) is 0 Å². The average Bonchev–Trinajstić information content (AvgIpc) is 2.11. The van der Waals surface area contributed by atoms with Crippen molar-refractivity contribution in [2.24, 2.45) is 15.4 Å². The summed E-state index contributed by atoms with van der Waals surface area (Å²) in [4.78, 5) is 8.21. The molecule has 0 bridgehead atoms. The number of nitrogens with zero attached hydrogens (tertiary/aromatic N) is 2. The van der Waals surface area contributed by atoms with E-state index in [0.29, 0.717) is 0 Å². The Morgan fingerprint density at radius 1 is 1.42 bits per heavy atom. The highest BCUT2D eigenvalue weighted by Gasteiger charge is 2.19. The topological polar surface area (TPSA) is 24.7 Å². The summed E-state index contributed by atoms with van der Waals surface area (Å²) >= 11 is 2.25. The van der Waals surface area contributed by atoms with Gasteiger partial charge in [-0.3, -0.25) is 4.99 Å². The predicted octanol–water partition coefficient (Wildman–Crippen LogP) is 2.95. The number of hydrogen-bond donors (Lipinski definition) is 0. The molecule has 0 amide bonds. The molecule has 0 saturated carbocycles. The quantitative estimate of drug-likeness (QED) is 0.607. The lowest BCUT2D eigenvalue weighted by atomic mass is 9.92. The Kier molecular flexibility index (Phi) is 2.85. The molecule has 1 aliphatic heterocycles. The van der Waals surface area contributed by atoms with E-state index in [4.69, 9.17) is 0 Å². The number of aliphatic imine (C=N–C) groups is 2. The first kappa shape index (κ1) is 9.68. The van der Waals surface area contributed by atoms with Crippen molar-refractivity contribution in [1.82, 2.24) is 0 Å². The van der Waals surface area contributed by atoms with Crippen LogP contribution in [-0.4, -0.2) is 12.1 Å². The van der Waals surface area contributed by atoms with Gasteiger partial charge < -0.3 is 0 Å². The van der Waals surface area contributed by atoms with E-state index in [0.717, 1.165) is 9.28 Å². The van der Waals surface area contributed by atoms with Crippen LogP contribution in [0.25, 0.3) is 0 Å². The second-order valence-corrected chi connectivity index (χ2v) is 4.76. The van der Waals surface area contributed by atoms with Crippen molar-refractivity contribution in [2.75, 3.05) is 0 Å². The summed E-state index contributed by atoms with van der Waals surface area (Å²) in [5, 5.41) is 0. The van der Waals surface area contributed by atoms with Gasteiger partial charge in [0.05, 0.1) is 15.5 Å². The van der Waals surface area contributed by atoms with E-state index < -0.39 is 0 Å². The number of rotatable bonds is 0. The Hall–Kier alpha value is -0.410. The Morgan fingerprint density at radius 2 is 2.08 bits per heavy atom. The minimum Gasteiger partial charge on any atom is -0.254 e. The lowest BCUT2D eigenvalue weighted by molar-refractivity contribution is 0.499. The molecule has 3 heteroatoms. The Bertz CT molecular complexity index is 299. The molecule has 0 unspecified atom stereocenters. The second-order valence-electron chi connectivity index (χ2n) is 3.59. The third kappa shape index (κ3) is 2.29. The van der Waals surface area contributed by atoms with Gasteiger partial charge >= 0.3 is 0 Å². The maximum Gasteiger partial charge on any atom is 0.0882 e. The molecule has 0 radical (unpaired) electrons. The maximum atomic E-state index is 4.22. The van der Waals surface area contributed by atoms with E-state index in [-0.39, 0.29) is 5.41 Å². The van der Waals surface area contributed by atoms with Crippen molar-refractivity contribution in [3.63, 3.8) is 0 Å². The summed E-state index contributed by atoms with van der Waals surface area (Å²) in [6.07, 6.45) is 3.39. The minimum atomic E-state index is 0.0632. The zero-order valence-electron chi connectivity index (χ0n) is 7.43. The summed E-state index contributed by atoms with van der Waals surface area (Å²) in [6, 6.07) is 0. The zero-order valence-corrected chi connectivity index (χ0v) is 9.58. The molecule has 0 N–H and O–H groups in total. The fourth-order valence-electron chi connectivity index (χ4n) is 0.870. The first-order valence-corrected chi connectivity index (χ1v) is 4.81. The van der Waals surface area contributed by atoms with Crippen LogP contribution in [0.4, 0.5) is 0 Å². The molecular formula is C9H11IN2. The molecule has 64 valence electrons. The lowest BCUT2D eigenvalue weighted by Crippen LogP contribution is -2.09. The van der Waals surface area contributed by atoms with Gasteiger partial charge in [-0.15, -0.1) is 0 Å². The minimum absolute atomic E-state index is 0.0632. The van der Waals surface area contributed by atoms with Crippen LogP contribution in [0.1, 0.15) is 20.8 Å². The van der Waals surface area contributed by atoms with Gasteiger partial charge in [0, 0.05) is 17.5 Å². The van der Waals surface area contributed by atoms with E-state index in [9.17, 15) is 0 Å². The van der Waals surface area contributed by atoms with Gasteiger partial charge in [0.2, 0.25) is 0 Å². The third-order valence-corrected chi connectivity index (χ3v) is 2.22. The molecule has 0 saturated heterocycles. The van der Waals surface area contributed by atoms with E-state index in [1.165, 1.54) is 0 Å². The van der Waals surface area contributed by atoms with Gasteiger partial charge in [-0.1, -0.05) is 20.8 Å². The van der Waals surface area contributed by atoms with Crippen LogP contribution in [0.15, 0.2) is 25.5 Å². The highest BCUT2D eigenvalue weighted by atomic mass is 127. The van der Waals surface area contributed by atoms with E-state index in [2.05, 4.69) is 59.2 Å². The number of allylic oxidation sites excluding steroid dienone is 2. The van der Waals surface area contributed by atoms with Gasteiger partial charge in [-0.2, -0.15) is 0 Å². The van der Waals surface area contributed by atoms with Crippen LogP contribution in [0.3, 0.4) is 0 Å². The molecule has 0 aliphatic carbocycles. The summed E-state index contributed by atoms with van der Waals surface area (Å²) in [5.74, 6) is 2.77. The third-order valence-electron chi connectivity index (χ3n) is 1.43. The summed E-state index contributed by atoms with van der Waals surface area (Å²) < 4.78 is 1.08. The van der Waals surface area contributed by atoms with Crippen molar-refractivity contribution in [2.45, 2.75) is 20.8 Å². The summed E-state index contributed by atoms with van der Waals surface area (Å²) in [6.45, 7) is 6.39. The Labute approximate surface area is 86.3 Å². The van der Waals surface area contributed by atoms with Gasteiger partial charge in [0.1, 0.15) is 0 Å². The van der Waals surface area contributed by atoms with Crippen LogP contribution in [0.2, 0.25) is 0 Å². The summed E-state index contributed by atoms with van der Waals surface area (Å²) in [7, 11) is 0. The average molecular weight is 274 g/mol. The van der Waals surface area contributed by atoms with Gasteiger partial charge in [-0.05, 0) is 22.6 Å². The normalized spacial score (nSPS) is 17.0. The van der Waals surface area contributed by atoms with Crippen molar-refractivity contribution in [3.05, 3.63) is 15.5 Å². The molecule has 0 aromatic heterocycles. The van der Waals surface area contributed by atoms with Crippen LogP contribution in [-0.2, 0) is 0 Å². The van der Waals surface area contributed by atoms with Crippen LogP contribution < -0.4 is 0 Å². The van der Waals surface area contributed by atoms with Crippen LogP contribution in [0.5, 0.6) is 0 Å². The molecule has 1 aliphatic rings. The molecule has 1 heterocycles. The molecule has 0 atom stereocenters. The van der Waals surface area contributed by atoms with E-state index >= 15 is 0 Å². The van der Waals surface area contributed by atoms with E-state index in [1.807, 2.05) is 6.21 Å². The molecule has 0 aromatic rings. The number of halogens is 1. The predicted molar refractivity (Wildman–Crippen MR) is 61.0 cm³/mol. The summed E-state index contributed by atoms with van der Waals surface area (Å²) in [5.41, 5.74) is 1.11. The van der Waals surface area contributed by atoms with Crippen molar-refractivity contribution in [3.8, 4) is 0 Å². The fraction of sp³-hybridized carbons (Fsp3) is 0.444. The maximum absolute atomic E-state index is 4.22. The van der Waals surface area contributed by atoms with Crippen molar-refractivity contribution in [1.29, 1.82) is 0 Å². The van der Waals surface area contributed by atoms with E-state index in [1.54, 1.807) is 6.20 Å². The SMILES string of the molecule is CC(C)(C)C1=C(I)C=NC=C=N1. The van der Waals surface area contributed by atoms with Gasteiger partial charge in [0.25, 0.3) is 0 Å². The molecule has 1 rings (SSSR count). The Balaban J connectivity index is 3.17. The second kappa shape index (κ2) is 3.54. The highest BCUT2D eigenvalue weighted by molar-refractivity contribution is 14.1. The first-order valence-electron chi connectivity index (χ1n) is 3.73. The first-order chi connectivity index (χ1) is 5.52. The van der Waals surface area contributed by atoms with Crippen LogP contribution >= 0.6 is 22.6 Å². The monoisotopic (exact) mass is 274 g/mol. The standard InChI is InChI=1S/C9H11IN2/c1-9(2,3)8-7(10)6-11-4-5-12-8/h4,6H,1-3H3. The van der Waals surface area contributed by atoms with Crippen molar-refractivity contribution < 1.29 is 0 Å². The highest BCUT2D eigenvalue weighted by Crippen LogP contribution is 2.31. The van der Waals surface area contributed by atoms with Crippen LogP contribution in [0, 0.1) is 5.41 Å². The Morgan fingerprint density at radius 3 is 2.67 bits per heavy atom. The fourth-order valence-corrected chi connectivity index (χ4v) is 1.96. The molecule has 2 nitrogen and oxygen atoms in total. The van der Waals surface area contributed by atoms with Crippen molar-refractivity contribution >= 4 is 34.7 Å². The van der Waals surface area contributed by atoms with Gasteiger partial charge in [-0.25, -0.2) is 4.99 Å². The molecule has 0 aromatic carbocycles. The molecular weight excluding hydrogens is 263 g/mol. The zero-order chi connectivity index (χ0) is 9.19. The lowest BCUT2D eigenvalue weighted by Gasteiger charge is -2.18. The molecule has 0 fully saturated rings. The largest absolute Gasteiger partial charge is 0.254 e. The smallest absolute Gasteiger partial charge is 0.0882 e.